The van der Waals surface area contributed by atoms with Crippen LogP contribution in [-0.4, -0.2) is 35.5 Å². The first-order valence-electron chi connectivity index (χ1n) is 12.7. The van der Waals surface area contributed by atoms with Crippen molar-refractivity contribution in [2.75, 3.05) is 6.26 Å². The number of hydrogen-bond acceptors (Lipinski definition) is 7. The number of rotatable bonds is 6. The minimum Gasteiger partial charge on any atom is -0.436 e. The van der Waals surface area contributed by atoms with E-state index in [2.05, 4.69) is 26.0 Å². The molecular formula is C30H20F5N3O5S. The number of hydrogen-bond donors (Lipinski definition) is 0. The third-order valence-corrected chi connectivity index (χ3v) is 7.87. The molecule has 0 unspecified atom stereocenters. The maximum atomic E-state index is 13.7. The van der Waals surface area contributed by atoms with E-state index in [0.717, 1.165) is 12.5 Å². The molecule has 1 aliphatic rings. The molecule has 0 atom stereocenters. The molecule has 0 saturated carbocycles. The van der Waals surface area contributed by atoms with Gasteiger partial charge in [0.15, 0.2) is 32.8 Å². The zero-order valence-corrected chi connectivity index (χ0v) is 23.6. The van der Waals surface area contributed by atoms with Gasteiger partial charge in [0.2, 0.25) is 5.89 Å². The highest BCUT2D eigenvalue weighted by Gasteiger charge is 2.43. The van der Waals surface area contributed by atoms with Gasteiger partial charge in [-0.2, -0.15) is 13.2 Å². The van der Waals surface area contributed by atoms with Gasteiger partial charge in [-0.15, -0.1) is 8.78 Å². The van der Waals surface area contributed by atoms with E-state index in [1.54, 1.807) is 30.3 Å². The van der Waals surface area contributed by atoms with Crippen molar-refractivity contribution in [1.82, 2.24) is 14.5 Å². The fraction of sp³-hybridized carbons (Fsp3) is 0.133. The summed E-state index contributed by atoms with van der Waals surface area (Å²) in [7, 11) is -3.55. The van der Waals surface area contributed by atoms with Crippen molar-refractivity contribution in [3.05, 3.63) is 90.8 Å². The second-order valence-corrected chi connectivity index (χ2v) is 11.9. The molecule has 1 aliphatic heterocycles. The average Bonchev–Trinajstić information content (AvgIpc) is 3.65. The number of alkyl halides is 5. The molecule has 0 bridgehead atoms. The molecule has 6 rings (SSSR count). The Morgan fingerprint density at radius 1 is 0.932 bits per heavy atom. The van der Waals surface area contributed by atoms with Crippen molar-refractivity contribution in [3.8, 4) is 50.9 Å². The van der Waals surface area contributed by atoms with Gasteiger partial charge < -0.3 is 18.5 Å². The molecule has 14 heteroatoms. The molecule has 0 spiro atoms. The predicted molar refractivity (Wildman–Crippen MR) is 149 cm³/mol. The molecule has 0 amide bonds. The number of sulfone groups is 1. The molecular weight excluding hydrogens is 609 g/mol. The molecule has 2 aromatic heterocycles. The van der Waals surface area contributed by atoms with Crippen molar-refractivity contribution < 1.29 is 44.3 Å². The number of ether oxygens (including phenoxy) is 2. The van der Waals surface area contributed by atoms with E-state index in [9.17, 15) is 30.4 Å². The molecule has 0 saturated heterocycles. The van der Waals surface area contributed by atoms with Gasteiger partial charge in [-0.3, -0.25) is 0 Å². The molecule has 226 valence electrons. The maximum absolute atomic E-state index is 13.7. The minimum absolute atomic E-state index is 0.0182. The van der Waals surface area contributed by atoms with Crippen LogP contribution in [0.5, 0.6) is 11.5 Å². The lowest BCUT2D eigenvalue weighted by molar-refractivity contribution is -0.286. The van der Waals surface area contributed by atoms with Crippen LogP contribution in [0.4, 0.5) is 22.0 Å². The number of halogens is 5. The monoisotopic (exact) mass is 629 g/mol. The Hall–Kier alpha value is -4.98. The van der Waals surface area contributed by atoms with Gasteiger partial charge in [-0.1, -0.05) is 24.8 Å². The molecule has 3 heterocycles. The Morgan fingerprint density at radius 3 is 2.32 bits per heavy atom. The van der Waals surface area contributed by atoms with Gasteiger partial charge in [0.25, 0.3) is 0 Å². The van der Waals surface area contributed by atoms with Gasteiger partial charge in [-0.25, -0.2) is 18.4 Å². The summed E-state index contributed by atoms with van der Waals surface area (Å²) in [4.78, 5) is 8.24. The second-order valence-electron chi connectivity index (χ2n) is 9.84. The zero-order chi connectivity index (χ0) is 31.6. The second kappa shape index (κ2) is 10.0. The van der Waals surface area contributed by atoms with Crippen LogP contribution in [0.2, 0.25) is 0 Å². The summed E-state index contributed by atoms with van der Waals surface area (Å²) in [6, 6.07) is 14.9. The summed E-state index contributed by atoms with van der Waals surface area (Å²) < 4.78 is 109. The molecule has 3 aromatic carbocycles. The van der Waals surface area contributed by atoms with E-state index in [-0.39, 0.29) is 56.4 Å². The Morgan fingerprint density at radius 2 is 1.64 bits per heavy atom. The zero-order valence-electron chi connectivity index (χ0n) is 22.8. The van der Waals surface area contributed by atoms with Crippen LogP contribution < -0.4 is 9.47 Å². The molecule has 5 aromatic rings. The Bertz CT molecular complexity index is 2070. The predicted octanol–water partition coefficient (Wildman–Crippen LogP) is 7.56. The van der Waals surface area contributed by atoms with Gasteiger partial charge >= 0.3 is 12.5 Å². The standard InChI is InChI=1S/C30H20F5N3O5S/c1-4-26-37-27(28(41-26)19-9-11-23-24(14-19)43-30(34,35)42-23)21-13-18(17-6-5-7-20(12-17)44(3,39)40)8-10-22(21)38-15-25(29(31,32)33)36-16(38)2/h4-15H,1H2,2-3H3. The third kappa shape index (κ3) is 5.32. The molecule has 0 fully saturated rings. The Balaban J connectivity index is 1.59. The van der Waals surface area contributed by atoms with Crippen molar-refractivity contribution >= 4 is 15.9 Å². The molecule has 0 N–H and O–H groups in total. The van der Waals surface area contributed by atoms with Crippen molar-refractivity contribution in [2.45, 2.75) is 24.3 Å². The van der Waals surface area contributed by atoms with Gasteiger partial charge in [0.05, 0.1) is 10.6 Å². The highest BCUT2D eigenvalue weighted by molar-refractivity contribution is 7.90. The van der Waals surface area contributed by atoms with Crippen LogP contribution in [0.3, 0.4) is 0 Å². The van der Waals surface area contributed by atoms with E-state index >= 15 is 0 Å². The lowest BCUT2D eigenvalue weighted by Crippen LogP contribution is -2.25. The van der Waals surface area contributed by atoms with E-state index < -0.39 is 28.0 Å². The fourth-order valence-corrected chi connectivity index (χ4v) is 5.43. The van der Waals surface area contributed by atoms with Crippen LogP contribution in [0, 0.1) is 6.92 Å². The third-order valence-electron chi connectivity index (χ3n) is 6.76. The minimum atomic E-state index is -4.72. The molecule has 44 heavy (non-hydrogen) atoms. The Kier molecular flexibility index (Phi) is 6.65. The van der Waals surface area contributed by atoms with E-state index in [1.165, 1.54) is 47.9 Å². The van der Waals surface area contributed by atoms with Crippen LogP contribution >= 0.6 is 0 Å². The number of imidazole rings is 1. The van der Waals surface area contributed by atoms with E-state index in [0.29, 0.717) is 11.1 Å². The number of fused-ring (bicyclic) bond motifs is 1. The summed E-state index contributed by atoms with van der Waals surface area (Å²) in [6.07, 6.45) is -5.37. The van der Waals surface area contributed by atoms with Crippen LogP contribution in [0.15, 0.2) is 82.8 Å². The largest absolute Gasteiger partial charge is 0.586 e. The number of benzene rings is 3. The molecule has 8 nitrogen and oxygen atoms in total. The van der Waals surface area contributed by atoms with Crippen molar-refractivity contribution in [2.24, 2.45) is 0 Å². The number of aromatic nitrogens is 3. The first-order valence-corrected chi connectivity index (χ1v) is 14.6. The smallest absolute Gasteiger partial charge is 0.436 e. The van der Waals surface area contributed by atoms with Crippen LogP contribution in [0.1, 0.15) is 17.4 Å². The maximum Gasteiger partial charge on any atom is 0.586 e. The molecule has 0 radical (unpaired) electrons. The number of aryl methyl sites for hydroxylation is 1. The number of nitrogens with zero attached hydrogens (tertiary/aromatic N) is 3. The van der Waals surface area contributed by atoms with E-state index in [4.69, 9.17) is 4.42 Å². The van der Waals surface area contributed by atoms with Gasteiger partial charge in [0.1, 0.15) is 11.5 Å². The highest BCUT2D eigenvalue weighted by Crippen LogP contribution is 2.45. The summed E-state index contributed by atoms with van der Waals surface area (Å²) >= 11 is 0. The van der Waals surface area contributed by atoms with Crippen LogP contribution in [0.25, 0.3) is 45.5 Å². The van der Waals surface area contributed by atoms with E-state index in [1.807, 2.05) is 0 Å². The quantitative estimate of drug-likeness (QED) is 0.179. The summed E-state index contributed by atoms with van der Waals surface area (Å²) in [5.74, 6) is -0.345. The lowest BCUT2D eigenvalue weighted by Gasteiger charge is -2.14. The van der Waals surface area contributed by atoms with Gasteiger partial charge in [-0.05, 0) is 66.6 Å². The average molecular weight is 630 g/mol. The first kappa shape index (κ1) is 29.1. The summed E-state index contributed by atoms with van der Waals surface area (Å²) in [5.41, 5.74) is 0.746. The topological polar surface area (TPSA) is 96.5 Å². The normalized spacial score (nSPS) is 14.2. The lowest BCUT2D eigenvalue weighted by atomic mass is 9.98. The van der Waals surface area contributed by atoms with Crippen LogP contribution in [-0.2, 0) is 16.0 Å². The number of oxazole rings is 1. The first-order chi connectivity index (χ1) is 20.6. The summed E-state index contributed by atoms with van der Waals surface area (Å²) in [5, 5.41) is 0. The van der Waals surface area contributed by atoms with Crippen molar-refractivity contribution in [3.63, 3.8) is 0 Å². The van der Waals surface area contributed by atoms with Crippen molar-refractivity contribution in [1.29, 1.82) is 0 Å². The SMILES string of the molecule is C=Cc1nc(-c2cc(-c3cccc(S(C)(=O)=O)c3)ccc2-n2cc(C(F)(F)F)nc2C)c(-c2ccc3c(c2)OC(F)(F)O3)o1. The molecule has 0 aliphatic carbocycles. The van der Waals surface area contributed by atoms with Gasteiger partial charge in [0, 0.05) is 23.6 Å². The summed E-state index contributed by atoms with van der Waals surface area (Å²) in [6.45, 7) is 5.08. The fourth-order valence-electron chi connectivity index (χ4n) is 4.77. The Labute approximate surface area is 246 Å². The highest BCUT2D eigenvalue weighted by atomic mass is 32.2.